The van der Waals surface area contributed by atoms with Crippen molar-refractivity contribution >= 4 is 53.5 Å². The molecule has 1 rings (SSSR count). The minimum Gasteiger partial charge on any atom is -0.389 e. The molecule has 1 aromatic carbocycles. The van der Waals surface area contributed by atoms with Gasteiger partial charge in [-0.1, -0.05) is 15.9 Å². The van der Waals surface area contributed by atoms with Gasteiger partial charge in [0.15, 0.2) is 0 Å². The molecule has 0 radical (unpaired) electrons. The van der Waals surface area contributed by atoms with Crippen molar-refractivity contribution in [3.8, 4) is 0 Å². The summed E-state index contributed by atoms with van der Waals surface area (Å²) in [5.41, 5.74) is 0.918. The first-order valence-corrected chi connectivity index (χ1v) is 7.96. The summed E-state index contributed by atoms with van der Waals surface area (Å²) in [6, 6.07) is 3.90. The normalized spacial score (nSPS) is 12.8. The molecule has 0 aliphatic carbocycles. The Kier molecular flexibility index (Phi) is 7.16. The molecule has 0 saturated heterocycles. The predicted molar refractivity (Wildman–Crippen MR) is 85.1 cm³/mol. The van der Waals surface area contributed by atoms with E-state index in [4.69, 9.17) is 4.74 Å². The van der Waals surface area contributed by atoms with Crippen LogP contribution in [0.15, 0.2) is 25.6 Å². The Morgan fingerprint density at radius 3 is 2.28 bits per heavy atom. The molecule has 0 fully saturated rings. The molecule has 0 aliphatic heterocycles. The predicted octanol–water partition coefficient (Wildman–Crippen LogP) is 4.17. The lowest BCUT2D eigenvalue weighted by atomic mass is 10.3. The fourth-order valence-corrected chi connectivity index (χ4v) is 3.83. The Morgan fingerprint density at radius 1 is 1.22 bits per heavy atom. The summed E-state index contributed by atoms with van der Waals surface area (Å²) in [5.74, 6) is 0. The third-order valence-corrected chi connectivity index (χ3v) is 3.85. The van der Waals surface area contributed by atoms with E-state index in [1.54, 1.807) is 0 Å². The van der Waals surface area contributed by atoms with E-state index in [1.165, 1.54) is 0 Å². The van der Waals surface area contributed by atoms with Crippen LogP contribution in [0.25, 0.3) is 0 Å². The number of anilines is 1. The van der Waals surface area contributed by atoms with Gasteiger partial charge in [-0.25, -0.2) is 0 Å². The average Bonchev–Trinajstić information content (AvgIpc) is 2.24. The maximum atomic E-state index is 9.77. The number of hydrogen-bond donors (Lipinski definition) is 2. The number of aliphatic hydroxyl groups is 1. The summed E-state index contributed by atoms with van der Waals surface area (Å²) >= 11 is 10.4. The molecule has 0 aliphatic rings. The molecule has 0 spiro atoms. The van der Waals surface area contributed by atoms with Crippen molar-refractivity contribution in [3.63, 3.8) is 0 Å². The molecule has 1 aromatic rings. The molecule has 0 aromatic heterocycles. The Hall–Kier alpha value is 0.380. The van der Waals surface area contributed by atoms with Gasteiger partial charge in [-0.2, -0.15) is 0 Å². The van der Waals surface area contributed by atoms with Crippen molar-refractivity contribution in [3.05, 3.63) is 25.6 Å². The summed E-state index contributed by atoms with van der Waals surface area (Å²) in [4.78, 5) is 0. The summed E-state index contributed by atoms with van der Waals surface area (Å²) in [5, 5.41) is 13.0. The third kappa shape index (κ3) is 5.57. The second kappa shape index (κ2) is 7.85. The smallest absolute Gasteiger partial charge is 0.0945 e. The molecule has 0 bridgehead atoms. The quantitative estimate of drug-likeness (QED) is 0.690. The van der Waals surface area contributed by atoms with E-state index in [2.05, 4.69) is 53.1 Å². The average molecular weight is 446 g/mol. The number of rotatable bonds is 6. The zero-order chi connectivity index (χ0) is 13.7. The Morgan fingerprint density at radius 2 is 1.78 bits per heavy atom. The minimum absolute atomic E-state index is 0.130. The molecule has 102 valence electrons. The maximum absolute atomic E-state index is 9.77. The summed E-state index contributed by atoms with van der Waals surface area (Å²) in [6.07, 6.45) is -0.402. The SMILES string of the molecule is CC(C)OCC(O)CNc1c(Br)cc(Br)cc1Br. The highest BCUT2D eigenvalue weighted by molar-refractivity contribution is 9.11. The first kappa shape index (κ1) is 16.4. The van der Waals surface area contributed by atoms with E-state index in [0.29, 0.717) is 13.2 Å². The highest BCUT2D eigenvalue weighted by atomic mass is 79.9. The van der Waals surface area contributed by atoms with Crippen LogP contribution < -0.4 is 5.32 Å². The van der Waals surface area contributed by atoms with E-state index in [9.17, 15) is 5.11 Å². The van der Waals surface area contributed by atoms with Crippen LogP contribution in [0.1, 0.15) is 13.8 Å². The summed E-state index contributed by atoms with van der Waals surface area (Å²) < 4.78 is 8.20. The van der Waals surface area contributed by atoms with Crippen LogP contribution in [0.4, 0.5) is 5.69 Å². The molecule has 1 unspecified atom stereocenters. The molecule has 6 heteroatoms. The number of aliphatic hydroxyl groups excluding tert-OH is 1. The van der Waals surface area contributed by atoms with Crippen molar-refractivity contribution in [1.29, 1.82) is 0 Å². The van der Waals surface area contributed by atoms with Gasteiger partial charge in [-0.3, -0.25) is 0 Å². The van der Waals surface area contributed by atoms with Crippen LogP contribution >= 0.6 is 47.8 Å². The zero-order valence-electron chi connectivity index (χ0n) is 10.2. The Balaban J connectivity index is 2.53. The van der Waals surface area contributed by atoms with Crippen molar-refractivity contribution in [2.75, 3.05) is 18.5 Å². The fraction of sp³-hybridized carbons (Fsp3) is 0.500. The van der Waals surface area contributed by atoms with Crippen molar-refractivity contribution in [2.24, 2.45) is 0 Å². The molecular formula is C12H16Br3NO2. The van der Waals surface area contributed by atoms with Gasteiger partial charge in [-0.05, 0) is 57.8 Å². The van der Waals surface area contributed by atoms with Crippen LogP contribution in [0.3, 0.4) is 0 Å². The number of halogens is 3. The van der Waals surface area contributed by atoms with Gasteiger partial charge in [0.1, 0.15) is 0 Å². The monoisotopic (exact) mass is 443 g/mol. The highest BCUT2D eigenvalue weighted by Gasteiger charge is 2.10. The van der Waals surface area contributed by atoms with E-state index >= 15 is 0 Å². The minimum atomic E-state index is -0.533. The largest absolute Gasteiger partial charge is 0.389 e. The van der Waals surface area contributed by atoms with E-state index in [1.807, 2.05) is 26.0 Å². The van der Waals surface area contributed by atoms with Crippen LogP contribution in [-0.2, 0) is 4.74 Å². The van der Waals surface area contributed by atoms with Crippen LogP contribution in [-0.4, -0.2) is 30.5 Å². The van der Waals surface area contributed by atoms with Crippen molar-refractivity contribution in [1.82, 2.24) is 0 Å². The number of benzene rings is 1. The lowest BCUT2D eigenvalue weighted by Gasteiger charge is -2.16. The van der Waals surface area contributed by atoms with Gasteiger partial charge in [0.2, 0.25) is 0 Å². The van der Waals surface area contributed by atoms with Crippen molar-refractivity contribution in [2.45, 2.75) is 26.1 Å². The summed E-state index contributed by atoms with van der Waals surface area (Å²) in [6.45, 7) is 4.66. The molecule has 3 nitrogen and oxygen atoms in total. The molecule has 1 atom stereocenters. The second-order valence-corrected chi connectivity index (χ2v) is 6.79. The topological polar surface area (TPSA) is 41.5 Å². The van der Waals surface area contributed by atoms with Gasteiger partial charge < -0.3 is 15.2 Å². The second-order valence-electron chi connectivity index (χ2n) is 4.16. The fourth-order valence-electron chi connectivity index (χ4n) is 1.29. The van der Waals surface area contributed by atoms with Gasteiger partial charge in [0.25, 0.3) is 0 Å². The Bertz CT molecular complexity index is 376. The molecule has 0 heterocycles. The van der Waals surface area contributed by atoms with E-state index < -0.39 is 6.10 Å². The van der Waals surface area contributed by atoms with Gasteiger partial charge in [-0.15, -0.1) is 0 Å². The molecule has 0 saturated carbocycles. The number of nitrogens with one attached hydrogen (secondary N) is 1. The van der Waals surface area contributed by atoms with Crippen LogP contribution in [0, 0.1) is 0 Å². The van der Waals surface area contributed by atoms with Gasteiger partial charge >= 0.3 is 0 Å². The first-order chi connectivity index (χ1) is 8.40. The van der Waals surface area contributed by atoms with Gasteiger partial charge in [0, 0.05) is 20.0 Å². The maximum Gasteiger partial charge on any atom is 0.0945 e. The standard InChI is InChI=1S/C12H16Br3NO2/c1-7(2)18-6-9(17)5-16-12-10(14)3-8(13)4-11(12)15/h3-4,7,9,16-17H,5-6H2,1-2H3. The first-order valence-electron chi connectivity index (χ1n) is 5.58. The number of ether oxygens (including phenoxy) is 1. The number of hydrogen-bond acceptors (Lipinski definition) is 3. The lowest BCUT2D eigenvalue weighted by Crippen LogP contribution is -2.26. The Labute approximate surface area is 133 Å². The molecular weight excluding hydrogens is 430 g/mol. The third-order valence-electron chi connectivity index (χ3n) is 2.14. The van der Waals surface area contributed by atoms with E-state index in [-0.39, 0.29) is 6.10 Å². The summed E-state index contributed by atoms with van der Waals surface area (Å²) in [7, 11) is 0. The van der Waals surface area contributed by atoms with Crippen molar-refractivity contribution < 1.29 is 9.84 Å². The molecule has 2 N–H and O–H groups in total. The zero-order valence-corrected chi connectivity index (χ0v) is 15.0. The highest BCUT2D eigenvalue weighted by Crippen LogP contribution is 2.34. The lowest BCUT2D eigenvalue weighted by molar-refractivity contribution is 0.0112. The molecule has 0 amide bonds. The van der Waals surface area contributed by atoms with E-state index in [0.717, 1.165) is 19.1 Å². The molecule has 18 heavy (non-hydrogen) atoms. The van der Waals surface area contributed by atoms with Crippen LogP contribution in [0.5, 0.6) is 0 Å². The van der Waals surface area contributed by atoms with Gasteiger partial charge in [0.05, 0.1) is 24.5 Å². The van der Waals surface area contributed by atoms with Crippen LogP contribution in [0.2, 0.25) is 0 Å².